The van der Waals surface area contributed by atoms with E-state index < -0.39 is 9.84 Å². The minimum absolute atomic E-state index is 0.304. The molecule has 0 heterocycles. The lowest BCUT2D eigenvalue weighted by atomic mass is 10.3. The maximum atomic E-state index is 11.3. The lowest BCUT2D eigenvalue weighted by molar-refractivity contribution is 0.298. The zero-order valence-corrected chi connectivity index (χ0v) is 11.3. The third kappa shape index (κ3) is 2.98. The molecule has 1 aromatic rings. The molecule has 0 atom stereocenters. The fourth-order valence-corrected chi connectivity index (χ4v) is 2.61. The van der Waals surface area contributed by atoms with Crippen molar-refractivity contribution >= 4 is 25.8 Å². The minimum Gasteiger partial charge on any atom is -0.492 e. The number of rotatable bonds is 4. The van der Waals surface area contributed by atoms with Crippen molar-refractivity contribution in [2.24, 2.45) is 5.92 Å². The molecule has 16 heavy (non-hydrogen) atoms. The van der Waals surface area contributed by atoms with Crippen molar-refractivity contribution in [3.8, 4) is 5.75 Å². The molecule has 88 valence electrons. The minimum atomic E-state index is -3.15. The van der Waals surface area contributed by atoms with E-state index >= 15 is 0 Å². The molecule has 3 nitrogen and oxygen atoms in total. The van der Waals surface area contributed by atoms with Gasteiger partial charge in [0.1, 0.15) is 5.75 Å². The smallest absolute Gasteiger partial charge is 0.175 e. The summed E-state index contributed by atoms with van der Waals surface area (Å²) in [7, 11) is -3.15. The molecule has 1 fully saturated rings. The molecule has 1 aliphatic carbocycles. The van der Waals surface area contributed by atoms with Crippen molar-refractivity contribution in [2.45, 2.75) is 17.7 Å². The van der Waals surface area contributed by atoms with Gasteiger partial charge >= 0.3 is 0 Å². The lowest BCUT2D eigenvalue weighted by Crippen LogP contribution is -2.01. The number of sulfone groups is 1. The van der Waals surface area contributed by atoms with Crippen LogP contribution in [0.4, 0.5) is 0 Å². The largest absolute Gasteiger partial charge is 0.492 e. The van der Waals surface area contributed by atoms with Gasteiger partial charge < -0.3 is 4.74 Å². The molecule has 0 spiro atoms. The van der Waals surface area contributed by atoms with Crippen molar-refractivity contribution in [1.29, 1.82) is 0 Å². The lowest BCUT2D eigenvalue weighted by Gasteiger charge is -2.08. The number of hydrogen-bond acceptors (Lipinski definition) is 3. The number of halogens is 1. The quantitative estimate of drug-likeness (QED) is 0.859. The second-order valence-electron chi connectivity index (χ2n) is 4.12. The first-order valence-corrected chi connectivity index (χ1v) is 7.77. The topological polar surface area (TPSA) is 43.4 Å². The molecule has 5 heteroatoms. The standard InChI is InChI=1S/C11H13BrO3S/c1-16(13,14)9-4-5-11(10(12)6-9)15-7-8-2-3-8/h4-6,8H,2-3,7H2,1H3. The third-order valence-electron chi connectivity index (χ3n) is 2.50. The van der Waals surface area contributed by atoms with Crippen molar-refractivity contribution in [3.05, 3.63) is 22.7 Å². The molecule has 0 unspecified atom stereocenters. The SMILES string of the molecule is CS(=O)(=O)c1ccc(OCC2CC2)c(Br)c1. The Kier molecular flexibility index (Phi) is 3.26. The fourth-order valence-electron chi connectivity index (χ4n) is 1.32. The Labute approximate surface area is 104 Å². The molecule has 0 amide bonds. The zero-order valence-electron chi connectivity index (χ0n) is 8.94. The van der Waals surface area contributed by atoms with Gasteiger partial charge in [-0.25, -0.2) is 8.42 Å². The summed E-state index contributed by atoms with van der Waals surface area (Å²) in [5.74, 6) is 1.39. The van der Waals surface area contributed by atoms with Gasteiger partial charge in [-0.1, -0.05) is 0 Å². The van der Waals surface area contributed by atoms with Crippen molar-refractivity contribution in [2.75, 3.05) is 12.9 Å². The summed E-state index contributed by atoms with van der Waals surface area (Å²) in [5, 5.41) is 0. The summed E-state index contributed by atoms with van der Waals surface area (Å²) in [6, 6.07) is 4.85. The maximum Gasteiger partial charge on any atom is 0.175 e. The summed E-state index contributed by atoms with van der Waals surface area (Å²) in [6.45, 7) is 0.719. The predicted octanol–water partition coefficient (Wildman–Crippen LogP) is 2.64. The Balaban J connectivity index is 2.15. The Bertz CT molecular complexity index is 492. The predicted molar refractivity (Wildman–Crippen MR) is 65.5 cm³/mol. The molecular weight excluding hydrogens is 292 g/mol. The summed E-state index contributed by atoms with van der Waals surface area (Å²) < 4.78 is 28.9. The van der Waals surface area contributed by atoms with E-state index in [-0.39, 0.29) is 0 Å². The molecule has 0 saturated heterocycles. The van der Waals surface area contributed by atoms with Crippen LogP contribution >= 0.6 is 15.9 Å². The number of ether oxygens (including phenoxy) is 1. The average Bonchev–Trinajstić information content (AvgIpc) is 2.98. The molecule has 1 saturated carbocycles. The van der Waals surface area contributed by atoms with Gasteiger partial charge in [0.05, 0.1) is 16.0 Å². The van der Waals surface area contributed by atoms with Crippen LogP contribution in [0.5, 0.6) is 5.75 Å². The van der Waals surface area contributed by atoms with Gasteiger partial charge in [0.25, 0.3) is 0 Å². The first-order chi connectivity index (χ1) is 7.47. The van der Waals surface area contributed by atoms with Crippen LogP contribution in [0.3, 0.4) is 0 Å². The van der Waals surface area contributed by atoms with Gasteiger partial charge in [-0.05, 0) is 52.9 Å². The van der Waals surface area contributed by atoms with Crippen molar-refractivity contribution in [3.63, 3.8) is 0 Å². The summed E-state index contributed by atoms with van der Waals surface area (Å²) in [4.78, 5) is 0.304. The van der Waals surface area contributed by atoms with E-state index in [0.29, 0.717) is 21.0 Å². The van der Waals surface area contributed by atoms with Crippen LogP contribution in [0, 0.1) is 5.92 Å². The Hall–Kier alpha value is -0.550. The van der Waals surface area contributed by atoms with Crippen molar-refractivity contribution in [1.82, 2.24) is 0 Å². The third-order valence-corrected chi connectivity index (χ3v) is 4.23. The molecule has 1 aliphatic rings. The molecule has 0 radical (unpaired) electrons. The maximum absolute atomic E-state index is 11.3. The normalized spacial score (nSPS) is 16.1. The van der Waals surface area contributed by atoms with E-state index in [1.54, 1.807) is 18.2 Å². The summed E-state index contributed by atoms with van der Waals surface area (Å²) >= 11 is 3.32. The molecule has 0 aliphatic heterocycles. The van der Waals surface area contributed by atoms with Gasteiger partial charge in [-0.3, -0.25) is 0 Å². The number of benzene rings is 1. The molecule has 1 aromatic carbocycles. The highest BCUT2D eigenvalue weighted by Gasteiger charge is 2.22. The van der Waals surface area contributed by atoms with E-state index in [4.69, 9.17) is 4.74 Å². The van der Waals surface area contributed by atoms with Gasteiger partial charge in [0.15, 0.2) is 9.84 Å². The van der Waals surface area contributed by atoms with Crippen LogP contribution in [0.2, 0.25) is 0 Å². The molecule has 0 N–H and O–H groups in total. The van der Waals surface area contributed by atoms with Gasteiger partial charge in [0, 0.05) is 6.26 Å². The zero-order chi connectivity index (χ0) is 11.8. The van der Waals surface area contributed by atoms with Crippen LogP contribution in [-0.2, 0) is 9.84 Å². The highest BCUT2D eigenvalue weighted by molar-refractivity contribution is 9.10. The van der Waals surface area contributed by atoms with E-state index in [1.807, 2.05) is 0 Å². The first-order valence-electron chi connectivity index (χ1n) is 5.09. The number of hydrogen-bond donors (Lipinski definition) is 0. The Morgan fingerprint density at radius 3 is 2.62 bits per heavy atom. The van der Waals surface area contributed by atoms with E-state index in [9.17, 15) is 8.42 Å². The fraction of sp³-hybridized carbons (Fsp3) is 0.455. The van der Waals surface area contributed by atoms with Crippen LogP contribution in [0.15, 0.2) is 27.6 Å². The molecule has 2 rings (SSSR count). The average molecular weight is 305 g/mol. The summed E-state index contributed by atoms with van der Waals surface area (Å²) in [5.41, 5.74) is 0. The van der Waals surface area contributed by atoms with E-state index in [2.05, 4.69) is 15.9 Å². The summed E-state index contributed by atoms with van der Waals surface area (Å²) in [6.07, 6.45) is 3.66. The van der Waals surface area contributed by atoms with Gasteiger partial charge in [-0.2, -0.15) is 0 Å². The van der Waals surface area contributed by atoms with E-state index in [1.165, 1.54) is 19.1 Å². The second-order valence-corrected chi connectivity index (χ2v) is 6.99. The van der Waals surface area contributed by atoms with Crippen molar-refractivity contribution < 1.29 is 13.2 Å². The van der Waals surface area contributed by atoms with Crippen LogP contribution in [0.1, 0.15) is 12.8 Å². The van der Waals surface area contributed by atoms with E-state index in [0.717, 1.165) is 6.61 Å². The van der Waals surface area contributed by atoms with Gasteiger partial charge in [0.2, 0.25) is 0 Å². The Morgan fingerprint density at radius 2 is 2.12 bits per heavy atom. The second kappa shape index (κ2) is 4.37. The highest BCUT2D eigenvalue weighted by Crippen LogP contribution is 2.32. The van der Waals surface area contributed by atoms with Crippen LogP contribution in [0.25, 0.3) is 0 Å². The van der Waals surface area contributed by atoms with Gasteiger partial charge in [-0.15, -0.1) is 0 Å². The monoisotopic (exact) mass is 304 g/mol. The highest BCUT2D eigenvalue weighted by atomic mass is 79.9. The molecular formula is C11H13BrO3S. The molecule has 0 aromatic heterocycles. The molecule has 0 bridgehead atoms. The first kappa shape index (κ1) is 11.9. The Morgan fingerprint density at radius 1 is 1.44 bits per heavy atom. The van der Waals surface area contributed by atoms with Crippen LogP contribution < -0.4 is 4.74 Å². The van der Waals surface area contributed by atoms with Crippen LogP contribution in [-0.4, -0.2) is 21.3 Å².